The van der Waals surface area contributed by atoms with Crippen LogP contribution in [0.4, 0.5) is 10.5 Å². The van der Waals surface area contributed by atoms with Crippen molar-refractivity contribution in [1.29, 1.82) is 0 Å². The number of rotatable bonds is 13. The SMILES string of the molecule is CCc1cn(C2CCC(CN3CCN(C(=O)c4cc(C)c(C5CN(C(/C=C(\N)c6ccccc6)=C(N)N)C(C)CO5)cc4C)CC3)CC2)c2ncc(N(CCC=O)C(=O)NC)cc12. The van der Waals surface area contributed by atoms with Crippen molar-refractivity contribution >= 4 is 40.6 Å². The van der Waals surface area contributed by atoms with Crippen molar-refractivity contribution < 1.29 is 19.1 Å². The maximum atomic E-state index is 14.0. The second kappa shape index (κ2) is 20.1. The van der Waals surface area contributed by atoms with E-state index in [4.69, 9.17) is 26.9 Å². The topological polar surface area (TPSA) is 181 Å². The first-order chi connectivity index (χ1) is 30.4. The molecule has 1 saturated carbocycles. The molecule has 2 aromatic heterocycles. The maximum Gasteiger partial charge on any atom is 0.321 e. The summed E-state index contributed by atoms with van der Waals surface area (Å²) in [6, 6.07) is 16.1. The number of nitrogens with two attached hydrogens (primary N) is 3. The van der Waals surface area contributed by atoms with E-state index < -0.39 is 0 Å². The molecule has 2 saturated heterocycles. The van der Waals surface area contributed by atoms with Gasteiger partial charge in [-0.2, -0.15) is 0 Å². The Labute approximate surface area is 372 Å². The van der Waals surface area contributed by atoms with Crippen LogP contribution in [-0.4, -0.2) is 108 Å². The third-order valence-electron chi connectivity index (χ3n) is 13.4. The molecule has 14 heteroatoms. The van der Waals surface area contributed by atoms with E-state index in [1.165, 1.54) is 5.56 Å². The van der Waals surface area contributed by atoms with Crippen LogP contribution in [0.15, 0.2) is 78.5 Å². The molecule has 0 radical (unpaired) electrons. The number of hydrogen-bond acceptors (Lipinski definition) is 10. The highest BCUT2D eigenvalue weighted by Gasteiger charge is 2.32. The van der Waals surface area contributed by atoms with Gasteiger partial charge in [-0.05, 0) is 105 Å². The van der Waals surface area contributed by atoms with Gasteiger partial charge in [0.1, 0.15) is 23.9 Å². The number of amides is 3. The highest BCUT2D eigenvalue weighted by Crippen LogP contribution is 2.37. The molecule has 336 valence electrons. The van der Waals surface area contributed by atoms with Crippen LogP contribution in [0.5, 0.6) is 0 Å². The van der Waals surface area contributed by atoms with E-state index in [9.17, 15) is 14.4 Å². The minimum atomic E-state index is -0.256. The number of nitrogens with zero attached hydrogens (tertiary/aromatic N) is 6. The fourth-order valence-electron chi connectivity index (χ4n) is 9.72. The smallest absolute Gasteiger partial charge is 0.321 e. The number of nitrogens with one attached hydrogen (secondary N) is 1. The summed E-state index contributed by atoms with van der Waals surface area (Å²) in [6.07, 6.45) is 12.0. The molecule has 4 heterocycles. The molecular weight excluding hydrogens is 793 g/mol. The molecule has 0 bridgehead atoms. The van der Waals surface area contributed by atoms with Crippen LogP contribution in [0.1, 0.15) is 96.3 Å². The summed E-state index contributed by atoms with van der Waals surface area (Å²) in [7, 11) is 1.59. The van der Waals surface area contributed by atoms with Crippen LogP contribution < -0.4 is 27.4 Å². The first kappa shape index (κ1) is 45.2. The number of aldehydes is 1. The third kappa shape index (κ3) is 10.0. The number of hydrogen-bond donors (Lipinski definition) is 4. The molecule has 2 aliphatic heterocycles. The van der Waals surface area contributed by atoms with Crippen molar-refractivity contribution in [2.24, 2.45) is 23.1 Å². The number of allylic oxidation sites excluding steroid dienone is 1. The summed E-state index contributed by atoms with van der Waals surface area (Å²) in [6.45, 7) is 13.8. The van der Waals surface area contributed by atoms with E-state index in [0.717, 1.165) is 96.9 Å². The maximum absolute atomic E-state index is 14.0. The standard InChI is InChI=1S/C49H66N10O4/c1-6-36-29-59(47-42(36)25-39(27-54-47)57(17-10-22-60)49(62)53-5)38-15-13-35(14-16-38)28-55-18-20-56(21-19-55)48(61)41-24-32(2)40(23-33(41)3)45-30-58(34(4)31-63-45)44(46(51)52)26-43(50)37-11-8-7-9-12-37/h7-9,11-12,22-27,29,34-35,38,45H,6,10,13-21,28,30-31,50-52H2,1-5H3,(H,53,62)/b43-26-. The van der Waals surface area contributed by atoms with E-state index in [-0.39, 0.29) is 36.3 Å². The Morgan fingerprint density at radius 2 is 1.71 bits per heavy atom. The van der Waals surface area contributed by atoms with E-state index in [2.05, 4.69) is 52.7 Å². The van der Waals surface area contributed by atoms with Gasteiger partial charge in [-0.3, -0.25) is 14.6 Å². The summed E-state index contributed by atoms with van der Waals surface area (Å²) in [5, 5.41) is 3.74. The first-order valence-electron chi connectivity index (χ1n) is 22.6. The van der Waals surface area contributed by atoms with Gasteiger partial charge in [-0.25, -0.2) is 9.78 Å². The zero-order valence-corrected chi connectivity index (χ0v) is 37.7. The number of aryl methyl sites for hydroxylation is 3. The van der Waals surface area contributed by atoms with Gasteiger partial charge in [0.2, 0.25) is 0 Å². The Morgan fingerprint density at radius 3 is 2.38 bits per heavy atom. The van der Waals surface area contributed by atoms with Crippen molar-refractivity contribution in [3.8, 4) is 0 Å². The number of aromatic nitrogens is 2. The number of urea groups is 1. The average molecular weight is 859 g/mol. The molecule has 2 unspecified atom stereocenters. The minimum Gasteiger partial charge on any atom is -0.398 e. The largest absolute Gasteiger partial charge is 0.398 e. The molecule has 63 heavy (non-hydrogen) atoms. The number of carbonyl (C=O) groups excluding carboxylic acids is 3. The summed E-state index contributed by atoms with van der Waals surface area (Å²) in [5.41, 5.74) is 27.8. The molecule has 14 nitrogen and oxygen atoms in total. The van der Waals surface area contributed by atoms with Crippen LogP contribution in [0.2, 0.25) is 0 Å². The van der Waals surface area contributed by atoms with Gasteiger partial charge in [0, 0.05) is 94.2 Å². The van der Waals surface area contributed by atoms with Crippen molar-refractivity contribution in [2.75, 3.05) is 64.4 Å². The van der Waals surface area contributed by atoms with Crippen molar-refractivity contribution in [2.45, 2.75) is 84.4 Å². The van der Waals surface area contributed by atoms with Gasteiger partial charge in [-0.1, -0.05) is 43.3 Å². The van der Waals surface area contributed by atoms with Crippen LogP contribution in [0.3, 0.4) is 0 Å². The molecule has 3 aliphatic rings. The van der Waals surface area contributed by atoms with Crippen molar-refractivity contribution in [3.63, 3.8) is 0 Å². The highest BCUT2D eigenvalue weighted by molar-refractivity contribution is 5.96. The Bertz CT molecular complexity index is 2320. The number of carbonyl (C=O) groups is 3. The molecular formula is C49H66N10O4. The molecule has 3 amide bonds. The number of pyridine rings is 1. The molecule has 3 fully saturated rings. The normalized spacial score (nSPS) is 21.0. The fraction of sp³-hybridized carbons (Fsp3) is 0.469. The van der Waals surface area contributed by atoms with Gasteiger partial charge >= 0.3 is 6.03 Å². The van der Waals surface area contributed by atoms with E-state index in [0.29, 0.717) is 61.8 Å². The lowest BCUT2D eigenvalue weighted by Crippen LogP contribution is -2.50. The second-order valence-electron chi connectivity index (χ2n) is 17.6. The summed E-state index contributed by atoms with van der Waals surface area (Å²) >= 11 is 0. The number of piperazine rings is 1. The second-order valence-corrected chi connectivity index (χ2v) is 17.6. The molecule has 7 N–H and O–H groups in total. The molecule has 2 atom stereocenters. The molecule has 4 aromatic rings. The summed E-state index contributed by atoms with van der Waals surface area (Å²) < 4.78 is 8.77. The monoisotopic (exact) mass is 859 g/mol. The summed E-state index contributed by atoms with van der Waals surface area (Å²) in [4.78, 5) is 51.0. The van der Waals surface area contributed by atoms with E-state index in [1.807, 2.05) is 60.4 Å². The molecule has 2 aromatic carbocycles. The molecule has 0 spiro atoms. The van der Waals surface area contributed by atoms with Gasteiger partial charge < -0.3 is 46.4 Å². The van der Waals surface area contributed by atoms with Gasteiger partial charge in [-0.15, -0.1) is 0 Å². The number of ether oxygens (including phenoxy) is 1. The Kier molecular flexibility index (Phi) is 14.4. The number of benzene rings is 2. The average Bonchev–Trinajstić information content (AvgIpc) is 3.67. The highest BCUT2D eigenvalue weighted by atomic mass is 16.5. The zero-order valence-electron chi connectivity index (χ0n) is 37.7. The van der Waals surface area contributed by atoms with Gasteiger partial charge in [0.25, 0.3) is 5.91 Å². The van der Waals surface area contributed by atoms with E-state index >= 15 is 0 Å². The van der Waals surface area contributed by atoms with Crippen molar-refractivity contribution in [3.05, 3.63) is 112 Å². The quantitative estimate of drug-likeness (QED) is 0.0922. The van der Waals surface area contributed by atoms with Gasteiger partial charge in [0.05, 0.1) is 24.2 Å². The van der Waals surface area contributed by atoms with E-state index in [1.54, 1.807) is 18.1 Å². The van der Waals surface area contributed by atoms with Crippen LogP contribution >= 0.6 is 0 Å². The van der Waals surface area contributed by atoms with Crippen LogP contribution in [-0.2, 0) is 16.0 Å². The van der Waals surface area contributed by atoms with Crippen molar-refractivity contribution in [1.82, 2.24) is 29.6 Å². The first-order valence-corrected chi connectivity index (χ1v) is 22.6. The van der Waals surface area contributed by atoms with Crippen LogP contribution in [0.25, 0.3) is 16.7 Å². The lowest BCUT2D eigenvalue weighted by Gasteiger charge is -2.41. The summed E-state index contributed by atoms with van der Waals surface area (Å²) in [5.74, 6) is 0.891. The third-order valence-corrected chi connectivity index (χ3v) is 13.4. The Morgan fingerprint density at radius 1 is 0.984 bits per heavy atom. The van der Waals surface area contributed by atoms with Crippen LogP contribution in [0, 0.1) is 19.8 Å². The van der Waals surface area contributed by atoms with Gasteiger partial charge in [0.15, 0.2) is 0 Å². The number of anilines is 1. The molecule has 1 aliphatic carbocycles. The molecule has 7 rings (SSSR count). The number of morpholine rings is 1. The minimum absolute atomic E-state index is 0.0267. The number of fused-ring (bicyclic) bond motifs is 1. The Hall–Kier alpha value is -5.86. The predicted octanol–water partition coefficient (Wildman–Crippen LogP) is 5.99. The zero-order chi connectivity index (χ0) is 44.8. The Balaban J connectivity index is 0.934. The lowest BCUT2D eigenvalue weighted by atomic mass is 9.85. The lowest BCUT2D eigenvalue weighted by molar-refractivity contribution is -0.107. The predicted molar refractivity (Wildman–Crippen MR) is 250 cm³/mol. The fourth-order valence-corrected chi connectivity index (χ4v) is 9.72.